The zero-order valence-electron chi connectivity index (χ0n) is 11.2. The molecule has 0 spiro atoms. The first kappa shape index (κ1) is 13.2. The summed E-state index contributed by atoms with van der Waals surface area (Å²) in [5.41, 5.74) is 0. The SMILES string of the molecule is CNC(C)c1nnnn1C(c1cccs1)C(C)C. The molecule has 0 bridgehead atoms. The molecule has 0 aromatic carbocycles. The van der Waals surface area contributed by atoms with Crippen molar-refractivity contribution in [2.75, 3.05) is 7.05 Å². The van der Waals surface area contributed by atoms with E-state index >= 15 is 0 Å². The second-order valence-corrected chi connectivity index (χ2v) is 5.68. The molecule has 2 rings (SSSR count). The van der Waals surface area contributed by atoms with E-state index < -0.39 is 0 Å². The Morgan fingerprint density at radius 3 is 2.67 bits per heavy atom. The monoisotopic (exact) mass is 265 g/mol. The van der Waals surface area contributed by atoms with E-state index in [1.165, 1.54) is 4.88 Å². The highest BCUT2D eigenvalue weighted by atomic mass is 32.1. The summed E-state index contributed by atoms with van der Waals surface area (Å²) in [4.78, 5) is 1.29. The minimum atomic E-state index is 0.140. The van der Waals surface area contributed by atoms with Gasteiger partial charge in [0.2, 0.25) is 0 Å². The smallest absolute Gasteiger partial charge is 0.168 e. The van der Waals surface area contributed by atoms with Crippen molar-refractivity contribution >= 4 is 11.3 Å². The maximum Gasteiger partial charge on any atom is 0.168 e. The average molecular weight is 265 g/mol. The van der Waals surface area contributed by atoms with Crippen LogP contribution in [0.4, 0.5) is 0 Å². The van der Waals surface area contributed by atoms with Crippen molar-refractivity contribution in [3.63, 3.8) is 0 Å². The highest BCUT2D eigenvalue weighted by molar-refractivity contribution is 7.10. The van der Waals surface area contributed by atoms with Crippen LogP contribution in [0.2, 0.25) is 0 Å². The van der Waals surface area contributed by atoms with E-state index in [1.54, 1.807) is 11.3 Å². The summed E-state index contributed by atoms with van der Waals surface area (Å²) in [7, 11) is 1.92. The van der Waals surface area contributed by atoms with Gasteiger partial charge in [0.15, 0.2) is 5.82 Å². The molecule has 0 amide bonds. The van der Waals surface area contributed by atoms with Crippen LogP contribution in [0.5, 0.6) is 0 Å². The Hall–Kier alpha value is -1.27. The number of aromatic nitrogens is 4. The molecule has 0 fully saturated rings. The molecule has 0 saturated carbocycles. The lowest BCUT2D eigenvalue weighted by molar-refractivity contribution is 0.376. The normalized spacial score (nSPS) is 14.9. The predicted molar refractivity (Wildman–Crippen MR) is 72.6 cm³/mol. The number of rotatable bonds is 5. The van der Waals surface area contributed by atoms with Gasteiger partial charge < -0.3 is 5.32 Å². The van der Waals surface area contributed by atoms with Crippen LogP contribution in [-0.2, 0) is 0 Å². The second kappa shape index (κ2) is 5.58. The molecule has 0 saturated heterocycles. The summed E-state index contributed by atoms with van der Waals surface area (Å²) < 4.78 is 1.94. The molecule has 2 atom stereocenters. The molecule has 2 aromatic heterocycles. The van der Waals surface area contributed by atoms with E-state index in [-0.39, 0.29) is 12.1 Å². The zero-order chi connectivity index (χ0) is 13.1. The maximum atomic E-state index is 4.19. The Morgan fingerprint density at radius 2 is 2.11 bits per heavy atom. The van der Waals surface area contributed by atoms with Gasteiger partial charge in [0.25, 0.3) is 0 Å². The fourth-order valence-electron chi connectivity index (χ4n) is 2.00. The molecule has 2 unspecified atom stereocenters. The highest BCUT2D eigenvalue weighted by Gasteiger charge is 2.25. The molecule has 6 heteroatoms. The number of tetrazole rings is 1. The standard InChI is InChI=1S/C12H19N5S/c1-8(2)11(10-6-5-7-18-10)17-12(9(3)13-4)14-15-16-17/h5-9,11,13H,1-4H3. The summed E-state index contributed by atoms with van der Waals surface area (Å²) in [6.45, 7) is 6.45. The third kappa shape index (κ3) is 2.44. The van der Waals surface area contributed by atoms with E-state index in [0.717, 1.165) is 5.82 Å². The van der Waals surface area contributed by atoms with Gasteiger partial charge in [-0.15, -0.1) is 16.4 Å². The van der Waals surface area contributed by atoms with E-state index in [0.29, 0.717) is 5.92 Å². The van der Waals surface area contributed by atoms with Crippen molar-refractivity contribution in [3.8, 4) is 0 Å². The van der Waals surface area contributed by atoms with E-state index in [4.69, 9.17) is 0 Å². The Labute approximate surface area is 111 Å². The lowest BCUT2D eigenvalue weighted by Crippen LogP contribution is -2.24. The summed E-state index contributed by atoms with van der Waals surface area (Å²) in [6, 6.07) is 4.55. The lowest BCUT2D eigenvalue weighted by Gasteiger charge is -2.22. The van der Waals surface area contributed by atoms with Gasteiger partial charge in [-0.05, 0) is 41.8 Å². The van der Waals surface area contributed by atoms with E-state index in [9.17, 15) is 0 Å². The van der Waals surface area contributed by atoms with Gasteiger partial charge in [-0.2, -0.15) is 0 Å². The van der Waals surface area contributed by atoms with Gasteiger partial charge in [-0.3, -0.25) is 0 Å². The van der Waals surface area contributed by atoms with Crippen LogP contribution >= 0.6 is 11.3 Å². The molecule has 2 aromatic rings. The van der Waals surface area contributed by atoms with Crippen molar-refractivity contribution in [1.82, 2.24) is 25.5 Å². The summed E-state index contributed by atoms with van der Waals surface area (Å²) >= 11 is 1.75. The topological polar surface area (TPSA) is 55.6 Å². The Kier molecular flexibility index (Phi) is 4.08. The first-order chi connectivity index (χ1) is 8.65. The fraction of sp³-hybridized carbons (Fsp3) is 0.583. The van der Waals surface area contributed by atoms with Gasteiger partial charge in [0, 0.05) is 4.88 Å². The van der Waals surface area contributed by atoms with Crippen LogP contribution in [0.25, 0.3) is 0 Å². The second-order valence-electron chi connectivity index (χ2n) is 4.70. The Balaban J connectivity index is 2.41. The van der Waals surface area contributed by atoms with Crippen LogP contribution < -0.4 is 5.32 Å². The number of hydrogen-bond acceptors (Lipinski definition) is 5. The number of hydrogen-bond donors (Lipinski definition) is 1. The summed E-state index contributed by atoms with van der Waals surface area (Å²) in [5.74, 6) is 1.32. The van der Waals surface area contributed by atoms with Crippen molar-refractivity contribution in [3.05, 3.63) is 28.2 Å². The third-order valence-electron chi connectivity index (χ3n) is 3.07. The zero-order valence-corrected chi connectivity index (χ0v) is 12.0. The molecule has 1 N–H and O–H groups in total. The summed E-state index contributed by atoms with van der Waals surface area (Å²) in [6.07, 6.45) is 0. The summed E-state index contributed by atoms with van der Waals surface area (Å²) in [5, 5.41) is 17.4. The molecule has 0 aliphatic carbocycles. The van der Waals surface area contributed by atoms with Gasteiger partial charge in [0.05, 0.1) is 12.1 Å². The first-order valence-corrected chi connectivity index (χ1v) is 7.01. The minimum Gasteiger partial charge on any atom is -0.311 e. The lowest BCUT2D eigenvalue weighted by atomic mass is 10.0. The van der Waals surface area contributed by atoms with Crippen molar-refractivity contribution in [2.45, 2.75) is 32.9 Å². The molecule has 18 heavy (non-hydrogen) atoms. The van der Waals surface area contributed by atoms with Crippen LogP contribution in [0, 0.1) is 5.92 Å². The highest BCUT2D eigenvalue weighted by Crippen LogP contribution is 2.30. The molecule has 2 heterocycles. The molecular weight excluding hydrogens is 246 g/mol. The maximum absolute atomic E-state index is 4.19. The predicted octanol–water partition coefficient (Wildman–Crippen LogP) is 2.26. The van der Waals surface area contributed by atoms with Crippen LogP contribution in [0.3, 0.4) is 0 Å². The average Bonchev–Trinajstić information content (AvgIpc) is 2.99. The molecule has 0 aliphatic heterocycles. The Morgan fingerprint density at radius 1 is 1.33 bits per heavy atom. The molecule has 98 valence electrons. The van der Waals surface area contributed by atoms with E-state index in [1.807, 2.05) is 11.7 Å². The Bertz CT molecular complexity index is 476. The van der Waals surface area contributed by atoms with Gasteiger partial charge in [-0.25, -0.2) is 4.68 Å². The molecular formula is C12H19N5S. The first-order valence-electron chi connectivity index (χ1n) is 6.13. The quantitative estimate of drug-likeness (QED) is 0.901. The van der Waals surface area contributed by atoms with Crippen molar-refractivity contribution in [2.24, 2.45) is 5.92 Å². The molecule has 0 radical (unpaired) electrons. The number of thiophene rings is 1. The van der Waals surface area contributed by atoms with Crippen LogP contribution in [0.1, 0.15) is 43.6 Å². The van der Waals surface area contributed by atoms with Crippen LogP contribution in [-0.4, -0.2) is 27.3 Å². The minimum absolute atomic E-state index is 0.140. The largest absolute Gasteiger partial charge is 0.311 e. The van der Waals surface area contributed by atoms with E-state index in [2.05, 4.69) is 59.1 Å². The fourth-order valence-corrected chi connectivity index (χ4v) is 2.99. The number of nitrogens with zero attached hydrogens (tertiary/aromatic N) is 4. The van der Waals surface area contributed by atoms with Gasteiger partial charge in [-0.1, -0.05) is 19.9 Å². The van der Waals surface area contributed by atoms with Crippen molar-refractivity contribution < 1.29 is 0 Å². The van der Waals surface area contributed by atoms with Crippen LogP contribution in [0.15, 0.2) is 17.5 Å². The van der Waals surface area contributed by atoms with Gasteiger partial charge in [0.1, 0.15) is 0 Å². The molecule has 0 aliphatic rings. The molecule has 5 nitrogen and oxygen atoms in total. The van der Waals surface area contributed by atoms with Crippen molar-refractivity contribution in [1.29, 1.82) is 0 Å². The number of nitrogens with one attached hydrogen (secondary N) is 1. The van der Waals surface area contributed by atoms with Gasteiger partial charge >= 0.3 is 0 Å². The third-order valence-corrected chi connectivity index (χ3v) is 4.01.